The number of phosphoric ester groups is 1. The van der Waals surface area contributed by atoms with E-state index in [1.165, 1.54) is 18.2 Å². The zero-order valence-electron chi connectivity index (χ0n) is 15.8. The second-order valence-electron chi connectivity index (χ2n) is 6.03. The van der Waals surface area contributed by atoms with Gasteiger partial charge in [-0.2, -0.15) is 0 Å². The Balaban J connectivity index is 0.00000150. The van der Waals surface area contributed by atoms with Crippen LogP contribution in [0.4, 0.5) is 10.1 Å². The summed E-state index contributed by atoms with van der Waals surface area (Å²) < 4.78 is 40.1. The number of hydrogen-bond acceptors (Lipinski definition) is 8. The van der Waals surface area contributed by atoms with Crippen LogP contribution in [0.1, 0.15) is 0 Å². The Morgan fingerprint density at radius 1 is 1.07 bits per heavy atom. The molecule has 1 aliphatic rings. The van der Waals surface area contributed by atoms with E-state index < -0.39 is 24.8 Å². The molecule has 1 aromatic heterocycles. The van der Waals surface area contributed by atoms with Crippen LogP contribution < -0.4 is 83.8 Å². The number of anilines is 1. The van der Waals surface area contributed by atoms with Crippen molar-refractivity contribution in [1.82, 2.24) is 0 Å². The van der Waals surface area contributed by atoms with Gasteiger partial charge in [-0.25, -0.2) is 4.39 Å². The molecule has 1 fully saturated rings. The molecule has 2 aromatic carbocycles. The van der Waals surface area contributed by atoms with Crippen LogP contribution in [0.2, 0.25) is 0 Å². The molecule has 0 saturated carbocycles. The Morgan fingerprint density at radius 3 is 2.41 bits per heavy atom. The van der Waals surface area contributed by atoms with Gasteiger partial charge in [-0.1, -0.05) is 0 Å². The summed E-state index contributed by atoms with van der Waals surface area (Å²) in [6.07, 6.45) is 0. The van der Waals surface area contributed by atoms with Crippen molar-refractivity contribution in [2.45, 2.75) is 0 Å². The molecule has 1 saturated heterocycles. The van der Waals surface area contributed by atoms with Gasteiger partial charge in [0.05, 0.1) is 18.6 Å². The van der Waals surface area contributed by atoms with Gasteiger partial charge in [0.1, 0.15) is 35.9 Å². The van der Waals surface area contributed by atoms with Gasteiger partial charge in [0.25, 0.3) is 0 Å². The maximum Gasteiger partial charge on any atom is 1.00 e. The minimum absolute atomic E-state index is 0. The van der Waals surface area contributed by atoms with Crippen LogP contribution in [0.25, 0.3) is 21.9 Å². The third-order valence-corrected chi connectivity index (χ3v) is 4.69. The van der Waals surface area contributed by atoms with E-state index in [9.17, 15) is 23.5 Å². The number of nitrogens with zero attached hydrogens (tertiary/aromatic N) is 1. The number of halogens is 1. The van der Waals surface area contributed by atoms with Crippen molar-refractivity contribution in [3.63, 3.8) is 0 Å². The fourth-order valence-electron chi connectivity index (χ4n) is 3.10. The van der Waals surface area contributed by atoms with Gasteiger partial charge in [-0.3, -0.25) is 4.79 Å². The summed E-state index contributed by atoms with van der Waals surface area (Å²) in [7, 11) is -5.42. The minimum Gasteiger partial charge on any atom is -0.780 e. The van der Waals surface area contributed by atoms with Crippen molar-refractivity contribution in [2.75, 3.05) is 31.2 Å². The zero-order chi connectivity index (χ0) is 19.2. The summed E-state index contributed by atoms with van der Waals surface area (Å²) in [5, 5.41) is -0.155. The molecule has 142 valence electrons. The second-order valence-corrected chi connectivity index (χ2v) is 7.10. The van der Waals surface area contributed by atoms with E-state index in [0.717, 1.165) is 12.1 Å². The van der Waals surface area contributed by atoms with E-state index in [2.05, 4.69) is 4.52 Å². The van der Waals surface area contributed by atoms with Crippen LogP contribution in [0.15, 0.2) is 39.5 Å². The van der Waals surface area contributed by atoms with Crippen molar-refractivity contribution >= 4 is 35.4 Å². The fraction of sp³-hybridized carbons (Fsp3) is 0.235. The van der Waals surface area contributed by atoms with E-state index in [1.807, 2.05) is 4.90 Å². The normalized spacial score (nSPS) is 14.4. The van der Waals surface area contributed by atoms with Crippen molar-refractivity contribution in [3.8, 4) is 5.75 Å². The summed E-state index contributed by atoms with van der Waals surface area (Å²) >= 11 is 0. The summed E-state index contributed by atoms with van der Waals surface area (Å²) in [6, 6.07) is 6.20. The molecular weight excluding hydrogens is 426 g/mol. The summed E-state index contributed by atoms with van der Waals surface area (Å²) in [6.45, 7) is 1.96. The number of phosphoric acid groups is 1. The smallest absolute Gasteiger partial charge is 0.780 e. The van der Waals surface area contributed by atoms with Crippen LogP contribution in [0, 0.1) is 5.82 Å². The van der Waals surface area contributed by atoms with Crippen LogP contribution in [0.3, 0.4) is 0 Å². The first-order valence-corrected chi connectivity index (χ1v) is 9.52. The monoisotopic (exact) mass is 439 g/mol. The van der Waals surface area contributed by atoms with Gasteiger partial charge >= 0.3 is 59.1 Å². The van der Waals surface area contributed by atoms with Crippen molar-refractivity contribution in [3.05, 3.63) is 46.4 Å². The van der Waals surface area contributed by atoms with Gasteiger partial charge in [-0.15, -0.1) is 0 Å². The summed E-state index contributed by atoms with van der Waals surface area (Å²) in [5.41, 5.74) is -0.132. The van der Waals surface area contributed by atoms with E-state index in [4.69, 9.17) is 9.15 Å². The molecule has 0 aliphatic carbocycles. The molecule has 0 amide bonds. The Bertz CT molecular complexity index is 1140. The molecule has 0 spiro atoms. The standard InChI is InChI=1S/C17H15FNO7P.2Na/c18-10-1-2-12-13(7-10)25-14-8-11(19-3-5-24-6-4-19)9-15(16(14)17(12)20)26-27(21,22)23;;/h1-2,7-9H,3-6H2,(H2,21,22,23);;/q;2*+1/p-2. The van der Waals surface area contributed by atoms with E-state index in [0.29, 0.717) is 32.0 Å². The number of benzene rings is 2. The van der Waals surface area contributed by atoms with Crippen LogP contribution in [-0.4, -0.2) is 26.3 Å². The predicted molar refractivity (Wildman–Crippen MR) is 91.2 cm³/mol. The number of rotatable bonds is 3. The first kappa shape index (κ1) is 24.8. The average molecular weight is 439 g/mol. The molecule has 8 nitrogen and oxygen atoms in total. The number of morpholine rings is 1. The topological polar surface area (TPSA) is 115 Å². The molecular formula is C17H13FNNa2O7P. The maximum atomic E-state index is 13.5. The Hall–Kier alpha value is -0.450. The van der Waals surface area contributed by atoms with Crippen molar-refractivity contribution in [1.29, 1.82) is 0 Å². The van der Waals surface area contributed by atoms with Crippen LogP contribution in [-0.2, 0) is 9.30 Å². The largest absolute Gasteiger partial charge is 1.00 e. The number of hydrogen-bond donors (Lipinski definition) is 0. The maximum absolute atomic E-state index is 13.5. The molecule has 0 bridgehead atoms. The molecule has 0 atom stereocenters. The Labute approximate surface area is 208 Å². The molecule has 2 heterocycles. The SMILES string of the molecule is O=c1c2ccc(F)cc2oc2cc(N3CCOCC3)cc(OP(=O)([O-])[O-])c12.[Na+].[Na+]. The average Bonchev–Trinajstić information content (AvgIpc) is 2.60. The van der Waals surface area contributed by atoms with Crippen molar-refractivity contribution < 1.29 is 91.5 Å². The Morgan fingerprint density at radius 2 is 1.76 bits per heavy atom. The Kier molecular flexibility index (Phi) is 8.37. The molecule has 4 rings (SSSR count). The molecule has 3 aromatic rings. The van der Waals surface area contributed by atoms with E-state index in [-0.39, 0.29) is 81.1 Å². The first-order chi connectivity index (χ1) is 12.8. The van der Waals surface area contributed by atoms with Crippen molar-refractivity contribution in [2.24, 2.45) is 0 Å². The van der Waals surface area contributed by atoms with Gasteiger partial charge in [-0.05, 0) is 12.1 Å². The number of fused-ring (bicyclic) bond motifs is 2. The third kappa shape index (κ3) is 5.43. The van der Waals surface area contributed by atoms with E-state index in [1.54, 1.807) is 0 Å². The van der Waals surface area contributed by atoms with Gasteiger partial charge < -0.3 is 32.9 Å². The quantitative estimate of drug-likeness (QED) is 0.227. The third-order valence-electron chi connectivity index (χ3n) is 4.27. The molecule has 0 radical (unpaired) electrons. The molecule has 1 aliphatic heterocycles. The number of ether oxygens (including phenoxy) is 1. The first-order valence-electron chi connectivity index (χ1n) is 8.06. The van der Waals surface area contributed by atoms with Gasteiger partial charge in [0.15, 0.2) is 0 Å². The van der Waals surface area contributed by atoms with Gasteiger partial charge in [0, 0.05) is 37.0 Å². The molecule has 12 heteroatoms. The second kappa shape index (κ2) is 9.78. The fourth-order valence-corrected chi connectivity index (χ4v) is 3.48. The van der Waals surface area contributed by atoms with Crippen LogP contribution >= 0.6 is 7.82 Å². The summed E-state index contributed by atoms with van der Waals surface area (Å²) in [4.78, 5) is 37.0. The minimum atomic E-state index is -5.42. The molecule has 29 heavy (non-hydrogen) atoms. The van der Waals surface area contributed by atoms with Gasteiger partial charge in [0.2, 0.25) is 5.43 Å². The zero-order valence-corrected chi connectivity index (χ0v) is 20.7. The predicted octanol–water partition coefficient (Wildman–Crippen LogP) is -4.86. The van der Waals surface area contributed by atoms with E-state index >= 15 is 0 Å². The molecule has 0 unspecified atom stereocenters. The summed E-state index contributed by atoms with van der Waals surface area (Å²) in [5.74, 6) is -1.00. The molecule has 0 N–H and O–H groups in total. The van der Waals surface area contributed by atoms with Crippen LogP contribution in [0.5, 0.6) is 5.75 Å².